The number of esters is 1. The van der Waals surface area contributed by atoms with E-state index in [0.29, 0.717) is 26.0 Å². The van der Waals surface area contributed by atoms with Crippen LogP contribution in [0.5, 0.6) is 5.75 Å². The number of rotatable bonds is 12. The lowest BCUT2D eigenvalue weighted by atomic mass is 9.77. The Bertz CT molecular complexity index is 711. The van der Waals surface area contributed by atoms with Gasteiger partial charge >= 0.3 is 5.97 Å². The molecule has 0 atom stereocenters. The third kappa shape index (κ3) is 6.19. The summed E-state index contributed by atoms with van der Waals surface area (Å²) in [4.78, 5) is 17.9. The molecule has 2 rings (SSSR count). The number of ether oxygens (including phenoxy) is 3. The minimum atomic E-state index is -1.05. The second kappa shape index (κ2) is 11.2. The van der Waals surface area contributed by atoms with E-state index in [9.17, 15) is 13.6 Å². The highest BCUT2D eigenvalue weighted by atomic mass is 19.2. The van der Waals surface area contributed by atoms with Gasteiger partial charge in [-0.1, -0.05) is 0 Å². The minimum Gasteiger partial charge on any atom is -0.489 e. The molecule has 0 aromatic heterocycles. The highest BCUT2D eigenvalue weighted by molar-refractivity contribution is 5.82. The van der Waals surface area contributed by atoms with Crippen molar-refractivity contribution in [1.82, 2.24) is 10.2 Å². The predicted molar refractivity (Wildman–Crippen MR) is 105 cm³/mol. The summed E-state index contributed by atoms with van der Waals surface area (Å²) in [6.45, 7) is 2.19. The Balaban J connectivity index is 1.87. The number of nitrogens with zero attached hydrogens (tertiary/aromatic N) is 2. The second-order valence-corrected chi connectivity index (χ2v) is 7.00. The summed E-state index contributed by atoms with van der Waals surface area (Å²) in [5, 5.41) is 3.03. The van der Waals surface area contributed by atoms with Crippen molar-refractivity contribution in [2.75, 3.05) is 54.2 Å². The van der Waals surface area contributed by atoms with Gasteiger partial charge in [0.05, 0.1) is 20.4 Å². The summed E-state index contributed by atoms with van der Waals surface area (Å²) in [6, 6.07) is 2.79. The van der Waals surface area contributed by atoms with E-state index < -0.39 is 17.2 Å². The van der Waals surface area contributed by atoms with E-state index in [1.54, 1.807) is 7.11 Å². The Morgan fingerprint density at radius 1 is 1.24 bits per heavy atom. The lowest BCUT2D eigenvalue weighted by Crippen LogP contribution is -2.57. The first-order valence-electron chi connectivity index (χ1n) is 9.55. The van der Waals surface area contributed by atoms with Crippen LogP contribution in [0, 0.1) is 11.6 Å². The van der Waals surface area contributed by atoms with Gasteiger partial charge in [-0.2, -0.15) is 4.39 Å². The molecule has 1 aliphatic carbocycles. The van der Waals surface area contributed by atoms with Crippen molar-refractivity contribution in [1.29, 1.82) is 0 Å². The normalized spacial score (nSPS) is 15.5. The molecule has 162 valence electrons. The topological polar surface area (TPSA) is 72.4 Å². The van der Waals surface area contributed by atoms with Gasteiger partial charge in [0.15, 0.2) is 11.6 Å². The SMILES string of the molecule is COCCN(C)CCOc1ccc(/C=N/CNC2(C(=O)OC)CCC2)c(F)c1F. The molecule has 29 heavy (non-hydrogen) atoms. The lowest BCUT2D eigenvalue weighted by Gasteiger charge is -2.39. The lowest BCUT2D eigenvalue weighted by molar-refractivity contribution is -0.152. The summed E-state index contributed by atoms with van der Waals surface area (Å²) >= 11 is 0. The Hall–Kier alpha value is -2.10. The molecule has 1 saturated carbocycles. The zero-order valence-corrected chi connectivity index (χ0v) is 17.2. The van der Waals surface area contributed by atoms with Crippen molar-refractivity contribution in [3.63, 3.8) is 0 Å². The van der Waals surface area contributed by atoms with Gasteiger partial charge in [-0.05, 0) is 38.4 Å². The summed E-state index contributed by atoms with van der Waals surface area (Å²) in [5.41, 5.74) is -0.709. The summed E-state index contributed by atoms with van der Waals surface area (Å²) in [7, 11) is 4.85. The largest absolute Gasteiger partial charge is 0.489 e. The van der Waals surface area contributed by atoms with Gasteiger partial charge in [-0.15, -0.1) is 0 Å². The van der Waals surface area contributed by atoms with Crippen molar-refractivity contribution in [2.45, 2.75) is 24.8 Å². The Kier molecular flexibility index (Phi) is 8.94. The molecule has 0 aliphatic heterocycles. The van der Waals surface area contributed by atoms with Crippen LogP contribution >= 0.6 is 0 Å². The van der Waals surface area contributed by atoms with Crippen molar-refractivity contribution in [2.24, 2.45) is 4.99 Å². The summed E-state index contributed by atoms with van der Waals surface area (Å²) in [5.74, 6) is -2.54. The molecule has 1 aliphatic rings. The van der Waals surface area contributed by atoms with Crippen molar-refractivity contribution >= 4 is 12.2 Å². The summed E-state index contributed by atoms with van der Waals surface area (Å²) < 4.78 is 43.6. The van der Waals surface area contributed by atoms with Gasteiger partial charge < -0.3 is 19.1 Å². The van der Waals surface area contributed by atoms with Crippen LogP contribution in [0.1, 0.15) is 24.8 Å². The molecular formula is C20H29F2N3O4. The monoisotopic (exact) mass is 413 g/mol. The van der Waals surface area contributed by atoms with Gasteiger partial charge in [0.1, 0.15) is 12.1 Å². The number of benzene rings is 1. The van der Waals surface area contributed by atoms with Gasteiger partial charge in [0, 0.05) is 32.0 Å². The van der Waals surface area contributed by atoms with E-state index in [1.807, 2.05) is 11.9 Å². The number of hydrogen-bond acceptors (Lipinski definition) is 7. The number of aliphatic imine (C=N–C) groups is 1. The maximum absolute atomic E-state index is 14.3. The maximum atomic E-state index is 14.3. The molecular weight excluding hydrogens is 384 g/mol. The molecule has 9 heteroatoms. The first-order chi connectivity index (χ1) is 13.9. The Labute approximate surface area is 170 Å². The van der Waals surface area contributed by atoms with Crippen LogP contribution in [-0.2, 0) is 14.3 Å². The fraction of sp³-hybridized carbons (Fsp3) is 0.600. The molecule has 0 amide bonds. The van der Waals surface area contributed by atoms with Crippen LogP contribution < -0.4 is 10.1 Å². The van der Waals surface area contributed by atoms with Crippen molar-refractivity contribution < 1.29 is 27.8 Å². The third-order valence-corrected chi connectivity index (χ3v) is 5.01. The summed E-state index contributed by atoms with van der Waals surface area (Å²) in [6.07, 6.45) is 3.50. The van der Waals surface area contributed by atoms with E-state index in [2.05, 4.69) is 10.3 Å². The molecule has 0 unspecified atom stereocenters. The van der Waals surface area contributed by atoms with Gasteiger partial charge in [0.25, 0.3) is 0 Å². The van der Waals surface area contributed by atoms with Crippen molar-refractivity contribution in [3.05, 3.63) is 29.3 Å². The number of carbonyl (C=O) groups is 1. The Morgan fingerprint density at radius 3 is 2.59 bits per heavy atom. The molecule has 0 spiro atoms. The van der Waals surface area contributed by atoms with E-state index >= 15 is 0 Å². The molecule has 0 heterocycles. The predicted octanol–water partition coefficient (Wildman–Crippen LogP) is 1.98. The highest BCUT2D eigenvalue weighted by Gasteiger charge is 2.44. The average Bonchev–Trinajstić information content (AvgIpc) is 2.69. The van der Waals surface area contributed by atoms with E-state index in [-0.39, 0.29) is 30.6 Å². The minimum absolute atomic E-state index is 0.00888. The molecule has 0 radical (unpaired) electrons. The smallest absolute Gasteiger partial charge is 0.326 e. The third-order valence-electron chi connectivity index (χ3n) is 5.01. The molecule has 0 saturated heterocycles. The van der Waals surface area contributed by atoms with E-state index in [0.717, 1.165) is 13.0 Å². The van der Waals surface area contributed by atoms with Gasteiger partial charge in [-0.3, -0.25) is 15.1 Å². The number of likely N-dealkylation sites (N-methyl/N-ethyl adjacent to an activating group) is 1. The van der Waals surface area contributed by atoms with Gasteiger partial charge in [-0.25, -0.2) is 4.39 Å². The van der Waals surface area contributed by atoms with Crippen LogP contribution in [0.25, 0.3) is 0 Å². The van der Waals surface area contributed by atoms with Crippen molar-refractivity contribution in [3.8, 4) is 5.75 Å². The van der Waals surface area contributed by atoms with Crippen LogP contribution in [0.15, 0.2) is 17.1 Å². The van der Waals surface area contributed by atoms with E-state index in [1.165, 1.54) is 25.5 Å². The fourth-order valence-electron chi connectivity index (χ4n) is 2.95. The molecule has 1 aromatic carbocycles. The zero-order valence-electron chi connectivity index (χ0n) is 17.2. The molecule has 1 aromatic rings. The quantitative estimate of drug-likeness (QED) is 0.417. The highest BCUT2D eigenvalue weighted by Crippen LogP contribution is 2.32. The number of carbonyl (C=O) groups excluding carboxylic acids is 1. The molecule has 1 N–H and O–H groups in total. The molecule has 1 fully saturated rings. The number of nitrogens with one attached hydrogen (secondary N) is 1. The standard InChI is InChI=1S/C20H29F2N3O4/c1-25(9-11-27-2)10-12-29-16-6-5-15(17(21)18(16)22)13-23-14-24-20(7-4-8-20)19(26)28-3/h5-6,13,24H,4,7-12,14H2,1-3H3/b23-13+. The number of methoxy groups -OCH3 is 2. The van der Waals surface area contributed by atoms with Crippen LogP contribution in [0.3, 0.4) is 0 Å². The van der Waals surface area contributed by atoms with E-state index in [4.69, 9.17) is 14.2 Å². The Morgan fingerprint density at radius 2 is 1.97 bits per heavy atom. The second-order valence-electron chi connectivity index (χ2n) is 7.00. The van der Waals surface area contributed by atoms with Crippen LogP contribution in [0.4, 0.5) is 8.78 Å². The van der Waals surface area contributed by atoms with Crippen LogP contribution in [0.2, 0.25) is 0 Å². The maximum Gasteiger partial charge on any atom is 0.326 e. The molecule has 0 bridgehead atoms. The first kappa shape index (κ1) is 23.2. The number of hydrogen-bond donors (Lipinski definition) is 1. The molecule has 7 nitrogen and oxygen atoms in total. The van der Waals surface area contributed by atoms with Crippen LogP contribution in [-0.4, -0.2) is 76.9 Å². The fourth-order valence-corrected chi connectivity index (χ4v) is 2.95. The zero-order chi connectivity index (χ0) is 21.3. The average molecular weight is 413 g/mol. The van der Waals surface area contributed by atoms with Gasteiger partial charge in [0.2, 0.25) is 5.82 Å². The first-order valence-corrected chi connectivity index (χ1v) is 9.55. The number of halogens is 2.